The average molecular weight is 639 g/mol. The standard InChI is InChI=1S/C37H30N6O3S/c1-23-33-34(28-18-20-30(46-3)21-19-28)38-37(39-35(33)43(40-23)29-12-8-5-9-13-29)47-32-22-31(41-42(24(2)44)36(32)45)27-16-14-26(15-17-27)25-10-6-4-7-11-25/h4-21,32H,22H2,1-3H3. The van der Waals surface area contributed by atoms with Crippen LogP contribution in [0, 0.1) is 6.92 Å². The lowest BCUT2D eigenvalue weighted by atomic mass is 9.99. The van der Waals surface area contributed by atoms with Crippen LogP contribution in [-0.2, 0) is 9.59 Å². The van der Waals surface area contributed by atoms with Gasteiger partial charge < -0.3 is 4.74 Å². The van der Waals surface area contributed by atoms with Crippen molar-refractivity contribution < 1.29 is 14.3 Å². The first-order chi connectivity index (χ1) is 22.9. The highest BCUT2D eigenvalue weighted by molar-refractivity contribution is 8.00. The van der Waals surface area contributed by atoms with Gasteiger partial charge in [-0.1, -0.05) is 84.6 Å². The van der Waals surface area contributed by atoms with E-state index in [9.17, 15) is 9.59 Å². The van der Waals surface area contributed by atoms with Gasteiger partial charge in [0.25, 0.3) is 5.91 Å². The Balaban J connectivity index is 1.29. The van der Waals surface area contributed by atoms with Gasteiger partial charge in [-0.05, 0) is 60.0 Å². The molecule has 6 aromatic rings. The molecule has 232 valence electrons. The van der Waals surface area contributed by atoms with E-state index in [0.29, 0.717) is 28.6 Å². The molecule has 0 saturated heterocycles. The first-order valence-corrected chi connectivity index (χ1v) is 16.0. The van der Waals surface area contributed by atoms with Crippen LogP contribution in [0.4, 0.5) is 0 Å². The summed E-state index contributed by atoms with van der Waals surface area (Å²) in [6.45, 7) is 3.28. The monoisotopic (exact) mass is 638 g/mol. The molecule has 47 heavy (non-hydrogen) atoms. The molecule has 9 nitrogen and oxygen atoms in total. The van der Waals surface area contributed by atoms with Gasteiger partial charge in [-0.25, -0.2) is 14.6 Å². The summed E-state index contributed by atoms with van der Waals surface area (Å²) in [4.78, 5) is 36.3. The summed E-state index contributed by atoms with van der Waals surface area (Å²) < 4.78 is 7.19. The molecule has 0 bridgehead atoms. The number of hydrogen-bond donors (Lipinski definition) is 0. The first-order valence-electron chi connectivity index (χ1n) is 15.1. The Morgan fingerprint density at radius 3 is 2.09 bits per heavy atom. The molecule has 1 unspecified atom stereocenters. The number of thioether (sulfide) groups is 1. The maximum absolute atomic E-state index is 13.7. The van der Waals surface area contributed by atoms with Crippen molar-refractivity contribution in [3.63, 3.8) is 0 Å². The number of fused-ring (bicyclic) bond motifs is 1. The Morgan fingerprint density at radius 2 is 1.43 bits per heavy atom. The number of rotatable bonds is 7. The zero-order valence-electron chi connectivity index (χ0n) is 26.0. The molecule has 1 aliphatic rings. The number of hydrazone groups is 1. The summed E-state index contributed by atoms with van der Waals surface area (Å²) in [6.07, 6.45) is 0.300. The first kappa shape index (κ1) is 30.1. The maximum atomic E-state index is 13.7. The van der Waals surface area contributed by atoms with Crippen LogP contribution in [0.2, 0.25) is 0 Å². The summed E-state index contributed by atoms with van der Waals surface area (Å²) in [5, 5.41) is 10.8. The molecule has 7 rings (SSSR count). The zero-order valence-corrected chi connectivity index (χ0v) is 26.8. The molecule has 1 atom stereocenters. The highest BCUT2D eigenvalue weighted by Crippen LogP contribution is 2.36. The molecule has 3 heterocycles. The number of aromatic nitrogens is 4. The third kappa shape index (κ3) is 5.91. The predicted molar refractivity (Wildman–Crippen MR) is 184 cm³/mol. The molecule has 0 saturated carbocycles. The van der Waals surface area contributed by atoms with Gasteiger partial charge in [0.05, 0.1) is 40.5 Å². The number of ether oxygens (including phenoxy) is 1. The van der Waals surface area contributed by atoms with Gasteiger partial charge in [-0.3, -0.25) is 9.59 Å². The fourth-order valence-corrected chi connectivity index (χ4v) is 6.62. The Hall–Kier alpha value is -5.61. The van der Waals surface area contributed by atoms with Crippen LogP contribution in [0.25, 0.3) is 39.1 Å². The van der Waals surface area contributed by atoms with Crippen LogP contribution in [0.3, 0.4) is 0 Å². The molecule has 2 amide bonds. The van der Waals surface area contributed by atoms with E-state index in [4.69, 9.17) is 19.8 Å². The minimum absolute atomic E-state index is 0.300. The highest BCUT2D eigenvalue weighted by Gasteiger charge is 2.35. The fraction of sp³-hybridized carbons (Fsp3) is 0.135. The molecule has 0 fully saturated rings. The van der Waals surface area contributed by atoms with Crippen LogP contribution in [-0.4, -0.2) is 54.6 Å². The van der Waals surface area contributed by atoms with Crippen molar-refractivity contribution in [2.45, 2.75) is 30.7 Å². The van der Waals surface area contributed by atoms with Crippen molar-refractivity contribution in [3.8, 4) is 33.8 Å². The number of aryl methyl sites for hydroxylation is 1. The number of benzene rings is 4. The van der Waals surface area contributed by atoms with E-state index in [-0.39, 0.29) is 0 Å². The summed E-state index contributed by atoms with van der Waals surface area (Å²) in [5.41, 5.74) is 7.43. The summed E-state index contributed by atoms with van der Waals surface area (Å²) in [6, 6.07) is 35.5. The quantitative estimate of drug-likeness (QED) is 0.172. The van der Waals surface area contributed by atoms with Crippen LogP contribution < -0.4 is 4.74 Å². The number of carbonyl (C=O) groups is 2. The molecular formula is C37H30N6O3S. The Labute approximate surface area is 275 Å². The molecule has 0 spiro atoms. The lowest BCUT2D eigenvalue weighted by Gasteiger charge is -2.27. The van der Waals surface area contributed by atoms with Crippen molar-refractivity contribution in [3.05, 3.63) is 120 Å². The van der Waals surface area contributed by atoms with Gasteiger partial charge in [0.1, 0.15) is 5.75 Å². The minimum atomic E-state index is -0.685. The summed E-state index contributed by atoms with van der Waals surface area (Å²) in [7, 11) is 1.63. The number of amides is 2. The second-order valence-electron chi connectivity index (χ2n) is 11.1. The Bertz CT molecular complexity index is 2130. The fourth-order valence-electron chi connectivity index (χ4n) is 5.64. The topological polar surface area (TPSA) is 103 Å². The molecule has 0 aliphatic carbocycles. The molecule has 0 N–H and O–H groups in total. The van der Waals surface area contributed by atoms with Gasteiger partial charge in [0.2, 0.25) is 5.91 Å². The largest absolute Gasteiger partial charge is 0.497 e. The number of methoxy groups -OCH3 is 1. The van der Waals surface area contributed by atoms with Crippen molar-refractivity contribution >= 4 is 40.3 Å². The van der Waals surface area contributed by atoms with Crippen molar-refractivity contribution in [2.75, 3.05) is 7.11 Å². The minimum Gasteiger partial charge on any atom is -0.497 e. The lowest BCUT2D eigenvalue weighted by Crippen LogP contribution is -2.43. The number of hydrogen-bond acceptors (Lipinski definition) is 8. The predicted octanol–water partition coefficient (Wildman–Crippen LogP) is 7.11. The van der Waals surface area contributed by atoms with Crippen LogP contribution in [0.1, 0.15) is 24.6 Å². The SMILES string of the molecule is COc1ccc(-c2nc(SC3CC(c4ccc(-c5ccccc5)cc4)=NN(C(C)=O)C3=O)nc3c2c(C)nn3-c2ccccc2)cc1. The van der Waals surface area contributed by atoms with Gasteiger partial charge in [-0.15, -0.1) is 0 Å². The Morgan fingerprint density at radius 1 is 0.809 bits per heavy atom. The molecule has 4 aromatic carbocycles. The molecule has 10 heteroatoms. The second kappa shape index (κ2) is 12.6. The normalized spacial score (nSPS) is 14.7. The summed E-state index contributed by atoms with van der Waals surface area (Å²) >= 11 is 1.22. The molecule has 1 aliphatic heterocycles. The number of nitrogens with zero attached hydrogens (tertiary/aromatic N) is 6. The third-order valence-corrected chi connectivity index (χ3v) is 9.05. The van der Waals surface area contributed by atoms with Gasteiger partial charge in [0, 0.05) is 18.9 Å². The third-order valence-electron chi connectivity index (χ3n) is 8.00. The van der Waals surface area contributed by atoms with E-state index in [2.05, 4.69) is 17.2 Å². The molecule has 2 aromatic heterocycles. The van der Waals surface area contributed by atoms with E-state index in [1.165, 1.54) is 18.7 Å². The zero-order chi connectivity index (χ0) is 32.5. The van der Waals surface area contributed by atoms with Gasteiger partial charge in [-0.2, -0.15) is 15.2 Å². The second-order valence-corrected chi connectivity index (χ2v) is 12.3. The van der Waals surface area contributed by atoms with Crippen molar-refractivity contribution in [2.24, 2.45) is 5.10 Å². The maximum Gasteiger partial charge on any atom is 0.263 e. The number of carbonyl (C=O) groups excluding carboxylic acids is 2. The van der Waals surface area contributed by atoms with E-state index >= 15 is 0 Å². The van der Waals surface area contributed by atoms with Crippen LogP contribution >= 0.6 is 11.8 Å². The van der Waals surface area contributed by atoms with Crippen molar-refractivity contribution in [1.29, 1.82) is 0 Å². The van der Waals surface area contributed by atoms with E-state index < -0.39 is 17.1 Å². The van der Waals surface area contributed by atoms with Crippen LogP contribution in [0.5, 0.6) is 5.75 Å². The van der Waals surface area contributed by atoms with Gasteiger partial charge >= 0.3 is 0 Å². The van der Waals surface area contributed by atoms with Crippen LogP contribution in [0.15, 0.2) is 119 Å². The van der Waals surface area contributed by atoms with Crippen molar-refractivity contribution in [1.82, 2.24) is 24.8 Å². The lowest BCUT2D eigenvalue weighted by molar-refractivity contribution is -0.143. The van der Waals surface area contributed by atoms with E-state index in [0.717, 1.165) is 49.8 Å². The summed E-state index contributed by atoms with van der Waals surface area (Å²) in [5.74, 6) is -0.132. The molecule has 0 radical (unpaired) electrons. The van der Waals surface area contributed by atoms with E-state index in [1.54, 1.807) is 11.8 Å². The van der Waals surface area contributed by atoms with Gasteiger partial charge in [0.15, 0.2) is 10.8 Å². The number of imide groups is 1. The number of para-hydroxylation sites is 1. The average Bonchev–Trinajstić information content (AvgIpc) is 3.45. The smallest absolute Gasteiger partial charge is 0.263 e. The van der Waals surface area contributed by atoms with E-state index in [1.807, 2.05) is 104 Å². The Kier molecular flexibility index (Phi) is 8.09. The molecular weight excluding hydrogens is 609 g/mol. The highest BCUT2D eigenvalue weighted by atomic mass is 32.2.